The van der Waals surface area contributed by atoms with E-state index in [2.05, 4.69) is 5.32 Å². The van der Waals surface area contributed by atoms with Crippen LogP contribution in [0.2, 0.25) is 0 Å². The Morgan fingerprint density at radius 3 is 2.28 bits per heavy atom. The lowest BCUT2D eigenvalue weighted by molar-refractivity contribution is -0.122. The number of nitrogens with zero attached hydrogens (tertiary/aromatic N) is 4. The highest BCUT2D eigenvalue weighted by Gasteiger charge is 2.20. The lowest BCUT2D eigenvalue weighted by Gasteiger charge is -2.21. The van der Waals surface area contributed by atoms with E-state index < -0.39 is 5.91 Å². The molecule has 1 heterocycles. The lowest BCUT2D eigenvalue weighted by Crippen LogP contribution is -2.32. The van der Waals surface area contributed by atoms with Crippen LogP contribution in [0.1, 0.15) is 25.0 Å². The Morgan fingerprint density at radius 1 is 1.03 bits per heavy atom. The number of carbonyl (C=O) groups is 2. The van der Waals surface area contributed by atoms with Crippen molar-refractivity contribution in [1.82, 2.24) is 9.36 Å². The molecule has 8 nitrogen and oxygen atoms in total. The minimum absolute atomic E-state index is 0.0368. The van der Waals surface area contributed by atoms with Crippen molar-refractivity contribution in [2.24, 2.45) is 7.05 Å². The third-order valence-electron chi connectivity index (χ3n) is 5.20. The molecule has 0 aliphatic carbocycles. The number of rotatable bonds is 8. The summed E-state index contributed by atoms with van der Waals surface area (Å²) < 4.78 is 3.16. The van der Waals surface area contributed by atoms with Crippen LogP contribution in [0.4, 0.5) is 11.4 Å². The van der Waals surface area contributed by atoms with Crippen LogP contribution in [0.3, 0.4) is 0 Å². The maximum Gasteiger partial charge on any atom is 0.295 e. The van der Waals surface area contributed by atoms with E-state index in [1.165, 1.54) is 9.58 Å². The molecule has 0 atom stereocenters. The van der Waals surface area contributed by atoms with Crippen molar-refractivity contribution in [3.05, 3.63) is 76.7 Å². The van der Waals surface area contributed by atoms with Gasteiger partial charge in [0.2, 0.25) is 11.8 Å². The van der Waals surface area contributed by atoms with Gasteiger partial charge < -0.3 is 10.2 Å². The van der Waals surface area contributed by atoms with E-state index in [9.17, 15) is 14.4 Å². The van der Waals surface area contributed by atoms with Crippen molar-refractivity contribution in [2.75, 3.05) is 16.8 Å². The molecular weight excluding hydrogens is 406 g/mol. The zero-order valence-corrected chi connectivity index (χ0v) is 18.1. The lowest BCUT2D eigenvalue weighted by atomic mass is 10.2. The van der Waals surface area contributed by atoms with Crippen LogP contribution in [-0.2, 0) is 16.6 Å². The number of carbonyl (C=O) groups excluding carboxylic acids is 2. The van der Waals surface area contributed by atoms with Gasteiger partial charge in [0, 0.05) is 32.1 Å². The molecule has 0 unspecified atom stereocenters. The van der Waals surface area contributed by atoms with Gasteiger partial charge >= 0.3 is 0 Å². The Bertz CT molecular complexity index is 1190. The summed E-state index contributed by atoms with van der Waals surface area (Å²) in [5.74, 6) is -0.675. The quantitative estimate of drug-likeness (QED) is 0.592. The summed E-state index contributed by atoms with van der Waals surface area (Å²) in [6.07, 6.45) is 0.0772. The van der Waals surface area contributed by atoms with Crippen molar-refractivity contribution in [3.63, 3.8) is 0 Å². The zero-order valence-electron chi connectivity index (χ0n) is 18.1. The standard InChI is InChI=1S/C24H25N5O3/c1-18-23(24(32)29(27(18)2)20-12-7-4-8-13-20)26-21(30)14-15-22(31)28(17-9-16-25)19-10-5-3-6-11-19/h3-8,10-13H,9,14-15,17H2,1-2H3,(H,26,30). The molecule has 3 rings (SSSR count). The molecule has 0 aliphatic rings. The number of aromatic nitrogens is 2. The van der Waals surface area contributed by atoms with Gasteiger partial charge in [-0.25, -0.2) is 4.68 Å². The number of para-hydroxylation sites is 2. The second-order valence-corrected chi connectivity index (χ2v) is 7.27. The largest absolute Gasteiger partial charge is 0.320 e. The van der Waals surface area contributed by atoms with Gasteiger partial charge in [-0.15, -0.1) is 0 Å². The molecule has 3 aromatic rings. The zero-order chi connectivity index (χ0) is 23.1. The van der Waals surface area contributed by atoms with E-state index in [4.69, 9.17) is 5.26 Å². The highest BCUT2D eigenvalue weighted by atomic mass is 16.2. The van der Waals surface area contributed by atoms with Gasteiger partial charge in [-0.1, -0.05) is 36.4 Å². The number of anilines is 2. The van der Waals surface area contributed by atoms with E-state index in [1.54, 1.807) is 30.8 Å². The fourth-order valence-electron chi connectivity index (χ4n) is 3.44. The number of nitrogens with one attached hydrogen (secondary N) is 1. The van der Waals surface area contributed by atoms with Crippen molar-refractivity contribution in [1.29, 1.82) is 5.26 Å². The molecule has 0 saturated carbocycles. The Balaban J connectivity index is 1.70. The highest BCUT2D eigenvalue weighted by Crippen LogP contribution is 2.17. The van der Waals surface area contributed by atoms with Crippen LogP contribution in [-0.4, -0.2) is 27.7 Å². The molecule has 0 aliphatic heterocycles. The first-order chi connectivity index (χ1) is 15.4. The maximum absolute atomic E-state index is 12.9. The van der Waals surface area contributed by atoms with Crippen LogP contribution in [0.15, 0.2) is 65.5 Å². The summed E-state index contributed by atoms with van der Waals surface area (Å²) in [4.78, 5) is 39.7. The van der Waals surface area contributed by atoms with Gasteiger partial charge in [0.05, 0.1) is 23.9 Å². The van der Waals surface area contributed by atoms with E-state index in [1.807, 2.05) is 54.6 Å². The number of hydrogen-bond donors (Lipinski definition) is 1. The first-order valence-corrected chi connectivity index (χ1v) is 10.3. The number of hydrogen-bond acceptors (Lipinski definition) is 4. The molecule has 0 saturated heterocycles. The van der Waals surface area contributed by atoms with Gasteiger partial charge in [0.25, 0.3) is 5.56 Å². The van der Waals surface area contributed by atoms with Gasteiger partial charge in [-0.3, -0.25) is 19.1 Å². The Morgan fingerprint density at radius 2 is 1.66 bits per heavy atom. The minimum atomic E-state index is -0.419. The van der Waals surface area contributed by atoms with Gasteiger partial charge in [-0.2, -0.15) is 5.26 Å². The van der Waals surface area contributed by atoms with Crippen LogP contribution < -0.4 is 15.8 Å². The first kappa shape index (κ1) is 22.6. The van der Waals surface area contributed by atoms with Gasteiger partial charge in [-0.05, 0) is 31.2 Å². The molecule has 2 amide bonds. The topological polar surface area (TPSA) is 100 Å². The fraction of sp³-hybridized carbons (Fsp3) is 0.250. The third-order valence-corrected chi connectivity index (χ3v) is 5.20. The summed E-state index contributed by atoms with van der Waals surface area (Å²) in [5.41, 5.74) is 1.83. The molecule has 2 aromatic carbocycles. The Kier molecular flexibility index (Phi) is 7.24. The molecule has 0 bridgehead atoms. The van der Waals surface area contributed by atoms with E-state index in [-0.39, 0.29) is 43.0 Å². The predicted molar refractivity (Wildman–Crippen MR) is 123 cm³/mol. The molecule has 164 valence electrons. The van der Waals surface area contributed by atoms with Gasteiger partial charge in [0.15, 0.2) is 0 Å². The molecule has 0 fully saturated rings. The molecule has 32 heavy (non-hydrogen) atoms. The van der Waals surface area contributed by atoms with Gasteiger partial charge in [0.1, 0.15) is 5.69 Å². The number of benzene rings is 2. The summed E-state index contributed by atoms with van der Waals surface area (Å²) in [6, 6.07) is 20.2. The van der Waals surface area contributed by atoms with Crippen molar-refractivity contribution < 1.29 is 9.59 Å². The summed E-state index contributed by atoms with van der Waals surface area (Å²) in [6.45, 7) is 2.00. The molecule has 0 radical (unpaired) electrons. The maximum atomic E-state index is 12.9. The van der Waals surface area contributed by atoms with E-state index >= 15 is 0 Å². The monoisotopic (exact) mass is 431 g/mol. The molecule has 0 spiro atoms. The third kappa shape index (κ3) is 4.95. The first-order valence-electron chi connectivity index (χ1n) is 10.3. The number of nitriles is 1. The van der Waals surface area contributed by atoms with Crippen molar-refractivity contribution in [2.45, 2.75) is 26.2 Å². The van der Waals surface area contributed by atoms with Crippen LogP contribution in [0.25, 0.3) is 5.69 Å². The molecular formula is C24H25N5O3. The second kappa shape index (κ2) is 10.3. The number of amides is 2. The van der Waals surface area contributed by atoms with Crippen LogP contribution >= 0.6 is 0 Å². The Hall–Kier alpha value is -4.12. The average Bonchev–Trinajstić information content (AvgIpc) is 3.02. The SMILES string of the molecule is Cc1c(NC(=O)CCC(=O)N(CCC#N)c2ccccc2)c(=O)n(-c2ccccc2)n1C. The van der Waals surface area contributed by atoms with Crippen LogP contribution in [0.5, 0.6) is 0 Å². The fourth-order valence-corrected chi connectivity index (χ4v) is 3.44. The van der Waals surface area contributed by atoms with Crippen molar-refractivity contribution >= 4 is 23.2 Å². The second-order valence-electron chi connectivity index (χ2n) is 7.27. The average molecular weight is 431 g/mol. The minimum Gasteiger partial charge on any atom is -0.320 e. The smallest absolute Gasteiger partial charge is 0.295 e. The predicted octanol–water partition coefficient (Wildman–Crippen LogP) is 3.15. The summed E-state index contributed by atoms with van der Waals surface area (Å²) in [7, 11) is 1.75. The highest BCUT2D eigenvalue weighted by molar-refractivity contribution is 5.98. The molecule has 1 aromatic heterocycles. The van der Waals surface area contributed by atoms with E-state index in [0.717, 1.165) is 0 Å². The van der Waals surface area contributed by atoms with E-state index in [0.29, 0.717) is 17.1 Å². The Labute approximate surface area is 186 Å². The molecule has 1 N–H and O–H groups in total. The normalized spacial score (nSPS) is 10.4. The van der Waals surface area contributed by atoms with Crippen molar-refractivity contribution in [3.8, 4) is 11.8 Å². The van der Waals surface area contributed by atoms with Crippen LogP contribution in [0, 0.1) is 18.3 Å². The summed E-state index contributed by atoms with van der Waals surface area (Å²) in [5, 5.41) is 11.6. The summed E-state index contributed by atoms with van der Waals surface area (Å²) >= 11 is 0. The molecule has 8 heteroatoms.